The first-order chi connectivity index (χ1) is 14.6. The second kappa shape index (κ2) is 8.17. The molecule has 0 bridgehead atoms. The molecule has 0 aliphatic carbocycles. The number of amides is 1. The molecular formula is C25H18FNO3. The van der Waals surface area contributed by atoms with Crippen molar-refractivity contribution in [2.24, 2.45) is 0 Å². The predicted molar refractivity (Wildman–Crippen MR) is 113 cm³/mol. The molecule has 0 radical (unpaired) electrons. The minimum absolute atomic E-state index is 0.134. The van der Waals surface area contributed by atoms with Crippen molar-refractivity contribution in [3.05, 3.63) is 119 Å². The summed E-state index contributed by atoms with van der Waals surface area (Å²) in [6.45, 7) is 0. The summed E-state index contributed by atoms with van der Waals surface area (Å²) in [5.41, 5.74) is 1.23. The summed E-state index contributed by atoms with van der Waals surface area (Å²) in [6, 6.07) is 22.6. The van der Waals surface area contributed by atoms with Crippen molar-refractivity contribution in [3.63, 3.8) is 0 Å². The summed E-state index contributed by atoms with van der Waals surface area (Å²) in [4.78, 5) is 27.2. The van der Waals surface area contributed by atoms with Crippen LogP contribution in [0.25, 0.3) is 6.08 Å². The van der Waals surface area contributed by atoms with E-state index in [4.69, 9.17) is 0 Å². The van der Waals surface area contributed by atoms with E-state index in [9.17, 15) is 19.1 Å². The number of hydrogen-bond acceptors (Lipinski definition) is 3. The molecule has 0 fully saturated rings. The third-order valence-corrected chi connectivity index (χ3v) is 4.93. The number of allylic oxidation sites excluding steroid dienone is 1. The van der Waals surface area contributed by atoms with E-state index in [0.29, 0.717) is 5.69 Å². The first-order valence-electron chi connectivity index (χ1n) is 9.41. The van der Waals surface area contributed by atoms with Crippen LogP contribution in [-0.4, -0.2) is 16.8 Å². The van der Waals surface area contributed by atoms with Gasteiger partial charge in [-0.25, -0.2) is 4.39 Å². The SMILES string of the molecule is O=C(C=Cc1ccccc1)C1=C(O)C(=O)N(c2ccccc2)C1c1ccccc1F. The third-order valence-electron chi connectivity index (χ3n) is 4.93. The Balaban J connectivity index is 1.81. The second-order valence-corrected chi connectivity index (χ2v) is 6.81. The number of benzene rings is 3. The molecule has 0 saturated heterocycles. The first-order valence-corrected chi connectivity index (χ1v) is 9.41. The monoisotopic (exact) mass is 399 g/mol. The average molecular weight is 399 g/mol. The molecule has 4 nitrogen and oxygen atoms in total. The molecule has 0 saturated carbocycles. The highest BCUT2D eigenvalue weighted by Crippen LogP contribution is 2.41. The lowest BCUT2D eigenvalue weighted by Crippen LogP contribution is -2.31. The largest absolute Gasteiger partial charge is 0.503 e. The summed E-state index contributed by atoms with van der Waals surface area (Å²) in [5.74, 6) is -2.54. The Morgan fingerprint density at radius 1 is 0.900 bits per heavy atom. The maximum atomic E-state index is 14.7. The molecule has 148 valence electrons. The van der Waals surface area contributed by atoms with Crippen LogP contribution in [-0.2, 0) is 9.59 Å². The van der Waals surface area contributed by atoms with Crippen molar-refractivity contribution >= 4 is 23.5 Å². The van der Waals surface area contributed by atoms with Gasteiger partial charge < -0.3 is 5.11 Å². The van der Waals surface area contributed by atoms with Gasteiger partial charge in [0.2, 0.25) is 0 Å². The molecule has 1 atom stereocenters. The van der Waals surface area contributed by atoms with Gasteiger partial charge in [0.15, 0.2) is 11.5 Å². The molecule has 30 heavy (non-hydrogen) atoms. The van der Waals surface area contributed by atoms with Crippen LogP contribution in [0.3, 0.4) is 0 Å². The molecule has 5 heteroatoms. The molecule has 1 amide bonds. The zero-order chi connectivity index (χ0) is 21.1. The third kappa shape index (κ3) is 3.53. The Hall–Kier alpha value is -3.99. The van der Waals surface area contributed by atoms with Crippen LogP contribution in [0.5, 0.6) is 0 Å². The highest BCUT2D eigenvalue weighted by Gasteiger charge is 2.44. The van der Waals surface area contributed by atoms with Crippen molar-refractivity contribution in [2.75, 3.05) is 4.90 Å². The lowest BCUT2D eigenvalue weighted by atomic mass is 9.95. The van der Waals surface area contributed by atoms with Gasteiger partial charge in [0, 0.05) is 11.3 Å². The van der Waals surface area contributed by atoms with E-state index in [2.05, 4.69) is 0 Å². The number of rotatable bonds is 5. The first kappa shape index (κ1) is 19.3. The molecule has 4 rings (SSSR count). The fourth-order valence-corrected chi connectivity index (χ4v) is 3.53. The number of ketones is 1. The normalized spacial score (nSPS) is 16.5. The quantitative estimate of drug-likeness (QED) is 0.614. The summed E-state index contributed by atoms with van der Waals surface area (Å²) >= 11 is 0. The van der Waals surface area contributed by atoms with Gasteiger partial charge in [-0.15, -0.1) is 0 Å². The number of carbonyl (C=O) groups excluding carboxylic acids is 2. The fourth-order valence-electron chi connectivity index (χ4n) is 3.53. The van der Waals surface area contributed by atoms with E-state index in [1.54, 1.807) is 42.5 Å². The van der Waals surface area contributed by atoms with Crippen molar-refractivity contribution in [2.45, 2.75) is 6.04 Å². The van der Waals surface area contributed by atoms with E-state index in [1.165, 1.54) is 29.2 Å². The Morgan fingerprint density at radius 2 is 1.50 bits per heavy atom. The van der Waals surface area contributed by atoms with Crippen LogP contribution in [0.2, 0.25) is 0 Å². The average Bonchev–Trinajstić information content (AvgIpc) is 3.04. The van der Waals surface area contributed by atoms with Gasteiger partial charge in [-0.3, -0.25) is 14.5 Å². The molecule has 1 aliphatic heterocycles. The van der Waals surface area contributed by atoms with E-state index < -0.39 is 29.3 Å². The molecule has 1 heterocycles. The van der Waals surface area contributed by atoms with Crippen LogP contribution < -0.4 is 4.90 Å². The highest BCUT2D eigenvalue weighted by molar-refractivity contribution is 6.19. The van der Waals surface area contributed by atoms with Crippen molar-refractivity contribution in [1.82, 2.24) is 0 Å². The van der Waals surface area contributed by atoms with Crippen LogP contribution >= 0.6 is 0 Å². The Morgan fingerprint density at radius 3 is 2.17 bits per heavy atom. The van der Waals surface area contributed by atoms with Gasteiger partial charge >= 0.3 is 0 Å². The Bertz CT molecular complexity index is 1150. The zero-order valence-electron chi connectivity index (χ0n) is 15.9. The standard InChI is InChI=1S/C25H18FNO3/c26-20-14-8-7-13-19(20)23-22(21(28)16-15-17-9-3-1-4-10-17)24(29)25(30)27(23)18-11-5-2-6-12-18/h1-16,23,29H. The van der Waals surface area contributed by atoms with Crippen molar-refractivity contribution in [1.29, 1.82) is 0 Å². The van der Waals surface area contributed by atoms with Gasteiger partial charge in [0.1, 0.15) is 5.82 Å². The van der Waals surface area contributed by atoms with Gasteiger partial charge in [0.25, 0.3) is 5.91 Å². The van der Waals surface area contributed by atoms with E-state index in [-0.39, 0.29) is 11.1 Å². The lowest BCUT2D eigenvalue weighted by molar-refractivity contribution is -0.117. The summed E-state index contributed by atoms with van der Waals surface area (Å²) in [7, 11) is 0. The summed E-state index contributed by atoms with van der Waals surface area (Å²) in [6.07, 6.45) is 2.88. The molecule has 0 spiro atoms. The topological polar surface area (TPSA) is 57.6 Å². The zero-order valence-corrected chi connectivity index (χ0v) is 15.9. The van der Waals surface area contributed by atoms with E-state index in [0.717, 1.165) is 5.56 Å². The molecular weight excluding hydrogens is 381 g/mol. The predicted octanol–water partition coefficient (Wildman–Crippen LogP) is 5.01. The molecule has 3 aromatic rings. The van der Waals surface area contributed by atoms with Crippen LogP contribution in [0.1, 0.15) is 17.2 Å². The minimum Gasteiger partial charge on any atom is -0.503 e. The number of aliphatic hydroxyl groups is 1. The lowest BCUT2D eigenvalue weighted by Gasteiger charge is -2.26. The molecule has 0 aromatic heterocycles. The van der Waals surface area contributed by atoms with Crippen molar-refractivity contribution < 1.29 is 19.1 Å². The van der Waals surface area contributed by atoms with E-state index >= 15 is 0 Å². The summed E-state index contributed by atoms with van der Waals surface area (Å²) < 4.78 is 14.7. The number of para-hydroxylation sites is 1. The molecule has 1 aliphatic rings. The van der Waals surface area contributed by atoms with E-state index in [1.807, 2.05) is 30.3 Å². The second-order valence-electron chi connectivity index (χ2n) is 6.81. The number of aliphatic hydroxyl groups excluding tert-OH is 1. The highest BCUT2D eigenvalue weighted by atomic mass is 19.1. The summed E-state index contributed by atoms with van der Waals surface area (Å²) in [5, 5.41) is 10.6. The maximum Gasteiger partial charge on any atom is 0.294 e. The fraction of sp³-hybridized carbons (Fsp3) is 0.0400. The number of carbonyl (C=O) groups is 2. The number of hydrogen-bond donors (Lipinski definition) is 1. The van der Waals surface area contributed by atoms with Crippen LogP contribution in [0.4, 0.5) is 10.1 Å². The van der Waals surface area contributed by atoms with Crippen LogP contribution in [0.15, 0.2) is 102 Å². The maximum absolute atomic E-state index is 14.7. The Labute approximate surface area is 173 Å². The molecule has 1 N–H and O–H groups in total. The van der Waals surface area contributed by atoms with Gasteiger partial charge in [0.05, 0.1) is 11.6 Å². The minimum atomic E-state index is -1.07. The molecule has 3 aromatic carbocycles. The van der Waals surface area contributed by atoms with Gasteiger partial charge in [-0.1, -0.05) is 72.8 Å². The Kier molecular flexibility index (Phi) is 5.26. The van der Waals surface area contributed by atoms with Crippen molar-refractivity contribution in [3.8, 4) is 0 Å². The number of halogens is 1. The number of nitrogens with zero attached hydrogens (tertiary/aromatic N) is 1. The molecule has 1 unspecified atom stereocenters. The van der Waals surface area contributed by atoms with Crippen LogP contribution in [0, 0.1) is 5.82 Å². The van der Waals surface area contributed by atoms with Gasteiger partial charge in [-0.2, -0.15) is 0 Å². The number of anilines is 1. The smallest absolute Gasteiger partial charge is 0.294 e. The van der Waals surface area contributed by atoms with Gasteiger partial charge in [-0.05, 0) is 29.8 Å².